The molecule has 0 bridgehead atoms. The molecule has 0 aliphatic carbocycles. The number of allylic oxidation sites excluding steroid dienone is 1. The van der Waals surface area contributed by atoms with Crippen LogP contribution < -0.4 is 0 Å². The van der Waals surface area contributed by atoms with E-state index in [1.807, 2.05) is 19.1 Å². The molecule has 1 N–H and O–H groups in total. The summed E-state index contributed by atoms with van der Waals surface area (Å²) in [5, 5.41) is 8.73. The molecule has 0 saturated carbocycles. The van der Waals surface area contributed by atoms with Gasteiger partial charge in [-0.25, -0.2) is 0 Å². The summed E-state index contributed by atoms with van der Waals surface area (Å²) in [5.41, 5.74) is 3.38. The van der Waals surface area contributed by atoms with Gasteiger partial charge in [0.15, 0.2) is 0 Å². The fourth-order valence-electron chi connectivity index (χ4n) is 1.71. The van der Waals surface area contributed by atoms with Crippen LogP contribution in [0.5, 0.6) is 0 Å². The van der Waals surface area contributed by atoms with E-state index < -0.39 is 5.97 Å². The van der Waals surface area contributed by atoms with Crippen LogP contribution in [0.25, 0.3) is 5.57 Å². The molecule has 92 valence electrons. The van der Waals surface area contributed by atoms with Crippen molar-refractivity contribution in [1.82, 2.24) is 0 Å². The number of halogens is 1. The summed E-state index contributed by atoms with van der Waals surface area (Å²) in [6.45, 7) is 4.13. The number of hydrogen-bond acceptors (Lipinski definition) is 1. The zero-order valence-corrected chi connectivity index (χ0v) is 11.8. The average Bonchev–Trinajstić information content (AvgIpc) is 2.24. The summed E-state index contributed by atoms with van der Waals surface area (Å²) in [5.74, 6) is -0.790. The van der Waals surface area contributed by atoms with Crippen LogP contribution in [0.15, 0.2) is 28.7 Å². The van der Waals surface area contributed by atoms with Crippen LogP contribution in [0.1, 0.15) is 37.3 Å². The second-order valence-electron chi connectivity index (χ2n) is 4.06. The largest absolute Gasteiger partial charge is 0.481 e. The Balaban J connectivity index is 3.04. The monoisotopic (exact) mass is 296 g/mol. The molecule has 0 aliphatic heterocycles. The smallest absolute Gasteiger partial charge is 0.307 e. The van der Waals surface area contributed by atoms with Crippen LogP contribution in [0, 0.1) is 6.92 Å². The predicted molar refractivity (Wildman–Crippen MR) is 74.0 cm³/mol. The van der Waals surface area contributed by atoms with Gasteiger partial charge in [0.2, 0.25) is 0 Å². The number of carbonyl (C=O) groups is 1. The number of aliphatic carboxylic acids is 1. The highest BCUT2D eigenvalue weighted by atomic mass is 79.9. The maximum Gasteiger partial charge on any atom is 0.307 e. The number of aryl methyl sites for hydroxylation is 1. The van der Waals surface area contributed by atoms with Crippen LogP contribution in [0.4, 0.5) is 0 Å². The molecule has 0 spiro atoms. The second-order valence-corrected chi connectivity index (χ2v) is 4.91. The highest BCUT2D eigenvalue weighted by molar-refractivity contribution is 9.10. The Morgan fingerprint density at radius 1 is 1.47 bits per heavy atom. The molecule has 3 heteroatoms. The summed E-state index contributed by atoms with van der Waals surface area (Å²) < 4.78 is 1.03. The molecule has 0 aliphatic rings. The van der Waals surface area contributed by atoms with Crippen molar-refractivity contribution in [3.63, 3.8) is 0 Å². The first kappa shape index (κ1) is 14.0. The third-order valence-corrected chi connectivity index (χ3v) is 3.17. The van der Waals surface area contributed by atoms with Gasteiger partial charge in [0.05, 0.1) is 6.42 Å². The molecule has 0 unspecified atom stereocenters. The lowest BCUT2D eigenvalue weighted by molar-refractivity contribution is -0.135. The Kier molecular flexibility index (Phi) is 5.42. The van der Waals surface area contributed by atoms with Crippen LogP contribution in [-0.4, -0.2) is 11.1 Å². The molecule has 0 heterocycles. The molecular weight excluding hydrogens is 280 g/mol. The fourth-order valence-corrected chi connectivity index (χ4v) is 2.45. The predicted octanol–water partition coefficient (Wildman–Crippen LogP) is 4.42. The Labute approximate surface area is 110 Å². The summed E-state index contributed by atoms with van der Waals surface area (Å²) in [7, 11) is 0. The Morgan fingerprint density at radius 2 is 2.18 bits per heavy atom. The van der Waals surface area contributed by atoms with Crippen molar-refractivity contribution in [2.45, 2.75) is 33.1 Å². The van der Waals surface area contributed by atoms with Gasteiger partial charge in [-0.3, -0.25) is 4.79 Å². The lowest BCUT2D eigenvalue weighted by Crippen LogP contribution is -1.94. The maximum atomic E-state index is 10.6. The van der Waals surface area contributed by atoms with Crippen molar-refractivity contribution in [2.75, 3.05) is 0 Å². The van der Waals surface area contributed by atoms with Gasteiger partial charge < -0.3 is 5.11 Å². The molecule has 0 aromatic heterocycles. The molecule has 0 radical (unpaired) electrons. The third-order valence-electron chi connectivity index (χ3n) is 2.51. The van der Waals surface area contributed by atoms with E-state index in [0.29, 0.717) is 0 Å². The Morgan fingerprint density at radius 3 is 2.71 bits per heavy atom. The third kappa shape index (κ3) is 4.35. The van der Waals surface area contributed by atoms with Crippen molar-refractivity contribution in [1.29, 1.82) is 0 Å². The molecule has 1 rings (SSSR count). The minimum Gasteiger partial charge on any atom is -0.481 e. The van der Waals surface area contributed by atoms with Crippen molar-refractivity contribution in [2.24, 2.45) is 0 Å². The molecule has 1 aromatic carbocycles. The van der Waals surface area contributed by atoms with Crippen molar-refractivity contribution < 1.29 is 9.90 Å². The van der Waals surface area contributed by atoms with E-state index in [2.05, 4.69) is 28.9 Å². The van der Waals surface area contributed by atoms with E-state index in [9.17, 15) is 4.79 Å². The summed E-state index contributed by atoms with van der Waals surface area (Å²) in [4.78, 5) is 10.6. The summed E-state index contributed by atoms with van der Waals surface area (Å²) in [6.07, 6.45) is 3.79. The van der Waals surface area contributed by atoms with Gasteiger partial charge in [-0.05, 0) is 36.1 Å². The van der Waals surface area contributed by atoms with E-state index in [1.54, 1.807) is 6.08 Å². The molecule has 0 amide bonds. The SMILES string of the molecule is CCC/C(=C\CC(=O)O)c1ccc(C)cc1Br. The van der Waals surface area contributed by atoms with Crippen molar-refractivity contribution in [3.05, 3.63) is 39.9 Å². The van der Waals surface area contributed by atoms with E-state index in [4.69, 9.17) is 5.11 Å². The lowest BCUT2D eigenvalue weighted by Gasteiger charge is -2.09. The highest BCUT2D eigenvalue weighted by Crippen LogP contribution is 2.28. The minimum absolute atomic E-state index is 0.0790. The first-order chi connectivity index (χ1) is 8.04. The number of rotatable bonds is 5. The van der Waals surface area contributed by atoms with Gasteiger partial charge in [-0.15, -0.1) is 0 Å². The van der Waals surface area contributed by atoms with Crippen molar-refractivity contribution in [3.8, 4) is 0 Å². The number of hydrogen-bond donors (Lipinski definition) is 1. The van der Waals surface area contributed by atoms with Gasteiger partial charge in [0.1, 0.15) is 0 Å². The van der Waals surface area contributed by atoms with E-state index in [0.717, 1.165) is 28.5 Å². The fraction of sp³-hybridized carbons (Fsp3) is 0.357. The second kappa shape index (κ2) is 6.60. The van der Waals surface area contributed by atoms with Gasteiger partial charge >= 0.3 is 5.97 Å². The standard InChI is InChI=1S/C14H17BrO2/c1-3-4-11(6-8-14(16)17)12-7-5-10(2)9-13(12)15/h5-7,9H,3-4,8H2,1-2H3,(H,16,17)/b11-6+. The molecule has 17 heavy (non-hydrogen) atoms. The number of benzene rings is 1. The van der Waals surface area contributed by atoms with E-state index in [-0.39, 0.29) is 6.42 Å². The molecule has 2 nitrogen and oxygen atoms in total. The molecular formula is C14H17BrO2. The topological polar surface area (TPSA) is 37.3 Å². The van der Waals surface area contributed by atoms with Gasteiger partial charge in [0.25, 0.3) is 0 Å². The quantitative estimate of drug-likeness (QED) is 0.873. The van der Waals surface area contributed by atoms with Gasteiger partial charge in [-0.1, -0.05) is 47.5 Å². The molecule has 1 aromatic rings. The zero-order valence-electron chi connectivity index (χ0n) is 10.2. The Hall–Kier alpha value is -1.09. The van der Waals surface area contributed by atoms with Gasteiger partial charge in [-0.2, -0.15) is 0 Å². The van der Waals surface area contributed by atoms with Crippen molar-refractivity contribution >= 4 is 27.5 Å². The van der Waals surface area contributed by atoms with Gasteiger partial charge in [0, 0.05) is 4.47 Å². The molecule has 0 atom stereocenters. The summed E-state index contributed by atoms with van der Waals surface area (Å²) >= 11 is 3.54. The summed E-state index contributed by atoms with van der Waals surface area (Å²) in [6, 6.07) is 6.15. The normalized spacial score (nSPS) is 11.6. The maximum absolute atomic E-state index is 10.6. The molecule has 0 fully saturated rings. The lowest BCUT2D eigenvalue weighted by atomic mass is 9.99. The first-order valence-corrected chi connectivity index (χ1v) is 6.51. The zero-order chi connectivity index (χ0) is 12.8. The van der Waals surface area contributed by atoms with Crippen LogP contribution in [0.2, 0.25) is 0 Å². The highest BCUT2D eigenvalue weighted by Gasteiger charge is 2.06. The minimum atomic E-state index is -0.790. The number of carboxylic acid groups (broad SMARTS) is 1. The van der Waals surface area contributed by atoms with Crippen LogP contribution in [-0.2, 0) is 4.79 Å². The number of carboxylic acids is 1. The van der Waals surface area contributed by atoms with Crippen LogP contribution >= 0.6 is 15.9 Å². The van der Waals surface area contributed by atoms with E-state index >= 15 is 0 Å². The van der Waals surface area contributed by atoms with E-state index in [1.165, 1.54) is 5.56 Å². The van der Waals surface area contributed by atoms with Crippen LogP contribution in [0.3, 0.4) is 0 Å². The first-order valence-electron chi connectivity index (χ1n) is 5.72. The Bertz CT molecular complexity index is 436. The molecule has 0 saturated heterocycles. The average molecular weight is 297 g/mol.